The van der Waals surface area contributed by atoms with E-state index in [1.165, 1.54) is 38.7 Å². The maximum atomic E-state index is 13.3. The van der Waals surface area contributed by atoms with Crippen molar-refractivity contribution < 1.29 is 41.8 Å². The van der Waals surface area contributed by atoms with Crippen LogP contribution in [0.15, 0.2) is 44.6 Å². The second kappa shape index (κ2) is 24.0. The number of unbranched alkanes of at least 4 members (excludes halogenated alkanes) is 8. The van der Waals surface area contributed by atoms with Crippen molar-refractivity contribution in [1.82, 2.24) is 0 Å². The summed E-state index contributed by atoms with van der Waals surface area (Å²) in [7, 11) is 0. The number of rotatable bonds is 16. The van der Waals surface area contributed by atoms with Gasteiger partial charge in [-0.3, -0.25) is 19.2 Å². The van der Waals surface area contributed by atoms with Crippen LogP contribution >= 0.6 is 0 Å². The second-order valence-corrected chi connectivity index (χ2v) is 15.1. The van der Waals surface area contributed by atoms with Crippen LogP contribution in [0.3, 0.4) is 0 Å². The first-order chi connectivity index (χ1) is 24.9. The molecular formula is C44H68F4O5. The summed E-state index contributed by atoms with van der Waals surface area (Å²) >= 11 is 0. The lowest BCUT2D eigenvalue weighted by molar-refractivity contribution is -0.122. The van der Waals surface area contributed by atoms with Gasteiger partial charge in [-0.2, -0.15) is 0 Å². The number of carbonyl (C=O) groups is 4. The molecule has 0 aromatic carbocycles. The Morgan fingerprint density at radius 2 is 0.962 bits per heavy atom. The Morgan fingerprint density at radius 1 is 0.547 bits per heavy atom. The van der Waals surface area contributed by atoms with Crippen molar-refractivity contribution in [3.8, 4) is 0 Å². The average Bonchev–Trinajstić information content (AvgIpc) is 3.68. The Morgan fingerprint density at radius 3 is 1.28 bits per heavy atom. The van der Waals surface area contributed by atoms with E-state index in [1.54, 1.807) is 6.92 Å². The van der Waals surface area contributed by atoms with Crippen molar-refractivity contribution in [3.63, 3.8) is 0 Å². The molecule has 0 aliphatic heterocycles. The third-order valence-corrected chi connectivity index (χ3v) is 10.8. The van der Waals surface area contributed by atoms with Crippen LogP contribution < -0.4 is 0 Å². The van der Waals surface area contributed by atoms with Crippen molar-refractivity contribution >= 4 is 23.1 Å². The van der Waals surface area contributed by atoms with E-state index in [2.05, 4.69) is 27.7 Å². The van der Waals surface area contributed by atoms with Gasteiger partial charge in [0.15, 0.2) is 23.1 Å². The summed E-state index contributed by atoms with van der Waals surface area (Å²) in [5.74, 6) is -5.41. The third kappa shape index (κ3) is 15.5. The van der Waals surface area contributed by atoms with Crippen LogP contribution in [-0.2, 0) is 19.2 Å². The third-order valence-electron chi connectivity index (χ3n) is 10.8. The van der Waals surface area contributed by atoms with Gasteiger partial charge in [0.05, 0.1) is 12.8 Å². The standard InChI is InChI=1S/C11H16F2O.C11H17FO2.C11H17FO.C11H18O/c1-3-4-5-6-9-8(2)11(12,13)7-10(9)14;1-3-4-5-6-9-8(2)11(12,14)7-10(9)13;1-3-4-5-6-9-8(2)10(12)7-11(9)13;1-3-4-5-6-10-9(2)7-8-11(10)12/h3-7H2,1-2H3;14H,3-7H2,1-2H3;10H,3-7H2,1-2H3;3-8H2,1-2H3. The van der Waals surface area contributed by atoms with Gasteiger partial charge in [-0.25, -0.2) is 17.6 Å². The van der Waals surface area contributed by atoms with E-state index in [4.69, 9.17) is 0 Å². The first-order valence-electron chi connectivity index (χ1n) is 20.2. The Balaban J connectivity index is 0.000000354. The molecule has 0 bridgehead atoms. The molecule has 5 nitrogen and oxygen atoms in total. The lowest BCUT2D eigenvalue weighted by Crippen LogP contribution is -2.20. The molecule has 0 aromatic rings. The fraction of sp³-hybridized carbons (Fsp3) is 0.727. The maximum absolute atomic E-state index is 13.3. The van der Waals surface area contributed by atoms with Gasteiger partial charge in [-0.05, 0) is 113 Å². The quantitative estimate of drug-likeness (QED) is 0.125. The number of carbonyl (C=O) groups excluding carboxylic acids is 4. The minimum Gasteiger partial charge on any atom is -0.358 e. The van der Waals surface area contributed by atoms with Gasteiger partial charge in [0.1, 0.15) is 6.17 Å². The van der Waals surface area contributed by atoms with Crippen LogP contribution in [0.2, 0.25) is 0 Å². The highest BCUT2D eigenvalue weighted by Crippen LogP contribution is 2.39. The molecule has 4 aliphatic rings. The van der Waals surface area contributed by atoms with Crippen LogP contribution in [0.5, 0.6) is 0 Å². The van der Waals surface area contributed by atoms with E-state index in [9.17, 15) is 41.8 Å². The molecule has 0 saturated heterocycles. The number of allylic oxidation sites excluding steroid dienone is 7. The lowest BCUT2D eigenvalue weighted by Gasteiger charge is -2.11. The SMILES string of the molecule is CCCCCC1=C(C)C(F)(F)CC1=O.CCCCCC1=C(C)C(F)CC1=O.CCCCCC1=C(C)C(O)(F)CC1=O.CCCCCC1=C(C)CCC1=O. The normalized spacial score (nSPS) is 22.4. The smallest absolute Gasteiger partial charge is 0.276 e. The molecule has 2 atom stereocenters. The molecule has 0 spiro atoms. The van der Waals surface area contributed by atoms with Crippen molar-refractivity contribution in [1.29, 1.82) is 0 Å². The van der Waals surface area contributed by atoms with Crippen LogP contribution in [-0.4, -0.2) is 46.2 Å². The summed E-state index contributed by atoms with van der Waals surface area (Å²) in [6, 6.07) is 0. The van der Waals surface area contributed by atoms with Crippen molar-refractivity contribution in [2.24, 2.45) is 0 Å². The summed E-state index contributed by atoms with van der Waals surface area (Å²) in [5, 5.41) is 9.21. The molecule has 0 radical (unpaired) electrons. The zero-order valence-electron chi connectivity index (χ0n) is 34.0. The van der Waals surface area contributed by atoms with E-state index in [-0.39, 0.29) is 41.3 Å². The second-order valence-electron chi connectivity index (χ2n) is 15.1. The average molecular weight is 753 g/mol. The van der Waals surface area contributed by atoms with Gasteiger partial charge in [0.2, 0.25) is 5.85 Å². The van der Waals surface area contributed by atoms with Crippen molar-refractivity contribution in [2.75, 3.05) is 0 Å². The predicted molar refractivity (Wildman–Crippen MR) is 206 cm³/mol. The molecule has 2 unspecified atom stereocenters. The summed E-state index contributed by atoms with van der Waals surface area (Å²) in [6.45, 7) is 15.2. The monoisotopic (exact) mass is 753 g/mol. The van der Waals surface area contributed by atoms with Gasteiger partial charge in [0.25, 0.3) is 5.92 Å². The molecule has 0 amide bonds. The number of ketones is 4. The fourth-order valence-electron chi connectivity index (χ4n) is 7.00. The molecule has 1 N–H and O–H groups in total. The zero-order chi connectivity index (χ0) is 40.4. The van der Waals surface area contributed by atoms with Gasteiger partial charge < -0.3 is 5.11 Å². The zero-order valence-corrected chi connectivity index (χ0v) is 34.0. The topological polar surface area (TPSA) is 88.5 Å². The summed E-state index contributed by atoms with van der Waals surface area (Å²) in [5.41, 5.74) is 5.03. The molecule has 0 fully saturated rings. The van der Waals surface area contributed by atoms with E-state index < -0.39 is 24.4 Å². The van der Waals surface area contributed by atoms with Crippen LogP contribution in [0.4, 0.5) is 17.6 Å². The molecular weight excluding hydrogens is 684 g/mol. The highest BCUT2D eigenvalue weighted by Gasteiger charge is 2.43. The Bertz CT molecular complexity index is 1330. The van der Waals surface area contributed by atoms with E-state index in [0.717, 1.165) is 94.6 Å². The van der Waals surface area contributed by atoms with Gasteiger partial charge in [-0.1, -0.05) is 84.6 Å². The Labute approximate surface area is 317 Å². The van der Waals surface area contributed by atoms with Gasteiger partial charge in [0, 0.05) is 24.0 Å². The predicted octanol–water partition coefficient (Wildman–Crippen LogP) is 12.4. The molecule has 4 rings (SSSR count). The number of alkyl halides is 4. The van der Waals surface area contributed by atoms with E-state index in [1.807, 2.05) is 6.92 Å². The Kier molecular flexibility index (Phi) is 21.9. The van der Waals surface area contributed by atoms with Crippen LogP contribution in [0.1, 0.15) is 190 Å². The fourth-order valence-corrected chi connectivity index (χ4v) is 7.00. The first kappa shape index (κ1) is 48.3. The van der Waals surface area contributed by atoms with Gasteiger partial charge in [-0.15, -0.1) is 0 Å². The first-order valence-corrected chi connectivity index (χ1v) is 20.2. The summed E-state index contributed by atoms with van der Waals surface area (Å²) in [4.78, 5) is 45.2. The molecule has 9 heteroatoms. The largest absolute Gasteiger partial charge is 0.358 e. The number of halogens is 4. The Hall–Kier alpha value is -2.68. The minimum atomic E-state index is -2.88. The summed E-state index contributed by atoms with van der Waals surface area (Å²) in [6.07, 6.45) is 15.6. The molecule has 302 valence electrons. The molecule has 53 heavy (non-hydrogen) atoms. The number of hydrogen-bond acceptors (Lipinski definition) is 5. The molecule has 0 saturated carbocycles. The van der Waals surface area contributed by atoms with E-state index >= 15 is 0 Å². The highest BCUT2D eigenvalue weighted by atomic mass is 19.3. The van der Waals surface area contributed by atoms with Crippen molar-refractivity contribution in [3.05, 3.63) is 44.6 Å². The van der Waals surface area contributed by atoms with Gasteiger partial charge >= 0.3 is 0 Å². The summed E-state index contributed by atoms with van der Waals surface area (Å²) < 4.78 is 52.5. The molecule has 4 aliphatic carbocycles. The van der Waals surface area contributed by atoms with E-state index in [0.29, 0.717) is 35.3 Å². The molecule has 0 aromatic heterocycles. The van der Waals surface area contributed by atoms with Crippen LogP contribution in [0, 0.1) is 0 Å². The van der Waals surface area contributed by atoms with Crippen LogP contribution in [0.25, 0.3) is 0 Å². The lowest BCUT2D eigenvalue weighted by atomic mass is 10.0. The number of Topliss-reactive ketones (excluding diaryl/α,β-unsaturated/α-hetero) is 4. The number of hydrogen-bond donors (Lipinski definition) is 1. The minimum absolute atomic E-state index is 0.00129. The van der Waals surface area contributed by atoms with Crippen molar-refractivity contribution in [2.45, 2.75) is 208 Å². The maximum Gasteiger partial charge on any atom is 0.276 e. The molecule has 0 heterocycles. The highest BCUT2D eigenvalue weighted by molar-refractivity contribution is 6.01. The number of aliphatic hydroxyl groups is 1.